The van der Waals surface area contributed by atoms with E-state index >= 15 is 0 Å². The smallest absolute Gasteiger partial charge is 0.261 e. The van der Waals surface area contributed by atoms with Crippen LogP contribution in [-0.4, -0.2) is 25.1 Å². The molecule has 168 valence electrons. The van der Waals surface area contributed by atoms with Gasteiger partial charge in [0.1, 0.15) is 0 Å². The minimum atomic E-state index is -3.65. The number of nitrogens with zero attached hydrogens (tertiary/aromatic N) is 1. The summed E-state index contributed by atoms with van der Waals surface area (Å²) in [6.45, 7) is 1.90. The van der Waals surface area contributed by atoms with Crippen molar-refractivity contribution < 1.29 is 13.2 Å². The van der Waals surface area contributed by atoms with Gasteiger partial charge in [0, 0.05) is 21.5 Å². The Bertz CT molecular complexity index is 1340. The van der Waals surface area contributed by atoms with Gasteiger partial charge in [0.05, 0.1) is 16.3 Å². The number of aromatic nitrogens is 1. The molecule has 6 nitrogen and oxygen atoms in total. The third-order valence-electron chi connectivity index (χ3n) is 4.63. The summed E-state index contributed by atoms with van der Waals surface area (Å²) in [5, 5.41) is 5.29. The second-order valence-corrected chi connectivity index (χ2v) is 10.8. The fraction of sp³-hybridized carbons (Fsp3) is 0.0833. The van der Waals surface area contributed by atoms with Crippen LogP contribution in [0, 0.1) is 6.92 Å². The second kappa shape index (κ2) is 10.2. The molecule has 9 heteroatoms. The highest BCUT2D eigenvalue weighted by Gasteiger charge is 2.14. The number of carbonyl (C=O) groups excluding carboxylic acids is 1. The number of amides is 1. The quantitative estimate of drug-likeness (QED) is 0.308. The molecule has 0 saturated heterocycles. The van der Waals surface area contributed by atoms with Gasteiger partial charge in [0.2, 0.25) is 5.91 Å². The molecule has 1 aromatic heterocycles. The van der Waals surface area contributed by atoms with Crippen LogP contribution >= 0.6 is 23.1 Å². The van der Waals surface area contributed by atoms with Crippen molar-refractivity contribution in [3.63, 3.8) is 0 Å². The van der Waals surface area contributed by atoms with E-state index in [1.54, 1.807) is 48.5 Å². The molecule has 0 atom stereocenters. The maximum Gasteiger partial charge on any atom is 0.261 e. The Labute approximate surface area is 201 Å². The monoisotopic (exact) mass is 495 g/mol. The summed E-state index contributed by atoms with van der Waals surface area (Å²) in [7, 11) is -3.65. The lowest BCUT2D eigenvalue weighted by molar-refractivity contribution is -0.113. The molecule has 0 unspecified atom stereocenters. The Morgan fingerprint density at radius 1 is 0.970 bits per heavy atom. The number of anilines is 2. The number of benzene rings is 3. The minimum Gasteiger partial charge on any atom is -0.301 e. The molecule has 0 aliphatic carbocycles. The van der Waals surface area contributed by atoms with Gasteiger partial charge < -0.3 is 5.32 Å². The number of rotatable bonds is 8. The first-order valence-corrected chi connectivity index (χ1v) is 13.4. The molecule has 0 aliphatic rings. The summed E-state index contributed by atoms with van der Waals surface area (Å²) in [5.74, 6) is 0.0624. The molecule has 1 amide bonds. The number of hydrogen-bond acceptors (Lipinski definition) is 6. The van der Waals surface area contributed by atoms with E-state index in [0.717, 1.165) is 21.7 Å². The normalized spacial score (nSPS) is 11.2. The Morgan fingerprint density at radius 2 is 1.67 bits per heavy atom. The Morgan fingerprint density at radius 3 is 2.36 bits per heavy atom. The van der Waals surface area contributed by atoms with Crippen LogP contribution < -0.4 is 10.0 Å². The highest BCUT2D eigenvalue weighted by atomic mass is 32.2. The molecule has 4 rings (SSSR count). The van der Waals surface area contributed by atoms with Crippen molar-refractivity contribution in [1.82, 2.24) is 4.98 Å². The van der Waals surface area contributed by atoms with Gasteiger partial charge in [0.25, 0.3) is 10.0 Å². The molecule has 0 aliphatic heterocycles. The molecule has 3 aromatic carbocycles. The third kappa shape index (κ3) is 6.22. The van der Waals surface area contributed by atoms with Crippen molar-refractivity contribution in [3.8, 4) is 11.3 Å². The fourth-order valence-corrected chi connectivity index (χ4v) is 5.42. The zero-order valence-electron chi connectivity index (χ0n) is 17.7. The van der Waals surface area contributed by atoms with E-state index in [1.165, 1.54) is 23.1 Å². The van der Waals surface area contributed by atoms with E-state index in [9.17, 15) is 13.2 Å². The molecular weight excluding hydrogens is 474 g/mol. The first kappa shape index (κ1) is 23.0. The van der Waals surface area contributed by atoms with Crippen molar-refractivity contribution >= 4 is 49.8 Å². The van der Waals surface area contributed by atoms with Crippen LogP contribution in [0.5, 0.6) is 0 Å². The number of sulfonamides is 1. The summed E-state index contributed by atoms with van der Waals surface area (Å²) in [6, 6.07) is 23.4. The standard InChI is InChI=1S/C24H21N3O3S3/c1-17-7-13-21(14-8-17)33(29,30)27-19-9-11-20(12-10-19)31-16-23(28)26-24-25-22(15-32-24)18-5-3-2-4-6-18/h2-15,27H,16H2,1H3,(H,25,26,28). The van der Waals surface area contributed by atoms with Crippen LogP contribution in [0.3, 0.4) is 0 Å². The van der Waals surface area contributed by atoms with E-state index in [2.05, 4.69) is 15.0 Å². The predicted molar refractivity (Wildman–Crippen MR) is 135 cm³/mol. The minimum absolute atomic E-state index is 0.155. The second-order valence-electron chi connectivity index (χ2n) is 7.18. The summed E-state index contributed by atoms with van der Waals surface area (Å²) >= 11 is 2.75. The molecule has 2 N–H and O–H groups in total. The molecule has 33 heavy (non-hydrogen) atoms. The summed E-state index contributed by atoms with van der Waals surface area (Å²) in [6.07, 6.45) is 0. The first-order valence-electron chi connectivity index (χ1n) is 10.0. The highest BCUT2D eigenvalue weighted by Crippen LogP contribution is 2.26. The van der Waals surface area contributed by atoms with Crippen molar-refractivity contribution in [2.45, 2.75) is 16.7 Å². The third-order valence-corrected chi connectivity index (χ3v) is 7.79. The maximum absolute atomic E-state index is 12.5. The number of thiazole rings is 1. The maximum atomic E-state index is 12.5. The van der Waals surface area contributed by atoms with Crippen LogP contribution in [0.15, 0.2) is 94.0 Å². The van der Waals surface area contributed by atoms with Crippen LogP contribution in [0.4, 0.5) is 10.8 Å². The number of aryl methyl sites for hydroxylation is 1. The van der Waals surface area contributed by atoms with Crippen LogP contribution in [0.25, 0.3) is 11.3 Å². The topological polar surface area (TPSA) is 88.2 Å². The molecule has 0 radical (unpaired) electrons. The number of carbonyl (C=O) groups is 1. The van der Waals surface area contributed by atoms with Crippen molar-refractivity contribution in [2.75, 3.05) is 15.8 Å². The Hall–Kier alpha value is -3.14. The van der Waals surface area contributed by atoms with Gasteiger partial charge in [0.15, 0.2) is 5.13 Å². The van der Waals surface area contributed by atoms with Gasteiger partial charge in [-0.05, 0) is 43.3 Å². The summed E-state index contributed by atoms with van der Waals surface area (Å²) in [5.41, 5.74) is 3.28. The van der Waals surface area contributed by atoms with Crippen LogP contribution in [0.1, 0.15) is 5.56 Å². The van der Waals surface area contributed by atoms with Gasteiger partial charge in [-0.2, -0.15) is 0 Å². The van der Waals surface area contributed by atoms with Crippen molar-refractivity contribution in [2.24, 2.45) is 0 Å². The Balaban J connectivity index is 1.30. The lowest BCUT2D eigenvalue weighted by Crippen LogP contribution is -2.14. The molecule has 0 saturated carbocycles. The number of hydrogen-bond donors (Lipinski definition) is 2. The van der Waals surface area contributed by atoms with Gasteiger partial charge in [-0.3, -0.25) is 9.52 Å². The molecule has 4 aromatic rings. The van der Waals surface area contributed by atoms with Crippen molar-refractivity contribution in [3.05, 3.63) is 89.8 Å². The lowest BCUT2D eigenvalue weighted by Gasteiger charge is -2.09. The van der Waals surface area contributed by atoms with Gasteiger partial charge in [-0.1, -0.05) is 48.0 Å². The molecule has 1 heterocycles. The lowest BCUT2D eigenvalue weighted by atomic mass is 10.2. The largest absolute Gasteiger partial charge is 0.301 e. The molecule has 0 bridgehead atoms. The average molecular weight is 496 g/mol. The SMILES string of the molecule is Cc1ccc(S(=O)(=O)Nc2ccc(SCC(=O)Nc3nc(-c4ccccc4)cs3)cc2)cc1. The van der Waals surface area contributed by atoms with Crippen molar-refractivity contribution in [1.29, 1.82) is 0 Å². The highest BCUT2D eigenvalue weighted by molar-refractivity contribution is 8.00. The molecular formula is C24H21N3O3S3. The first-order chi connectivity index (χ1) is 15.9. The van der Waals surface area contributed by atoms with E-state index in [0.29, 0.717) is 10.8 Å². The molecule has 0 fully saturated rings. The van der Waals surface area contributed by atoms with E-state index < -0.39 is 10.0 Å². The number of nitrogens with one attached hydrogen (secondary N) is 2. The zero-order chi connectivity index (χ0) is 23.3. The van der Waals surface area contributed by atoms with Gasteiger partial charge in [-0.25, -0.2) is 13.4 Å². The van der Waals surface area contributed by atoms with E-state index in [4.69, 9.17) is 0 Å². The predicted octanol–water partition coefficient (Wildman–Crippen LogP) is 5.65. The fourth-order valence-electron chi connectivity index (χ4n) is 2.93. The van der Waals surface area contributed by atoms with E-state index in [1.807, 2.05) is 42.6 Å². The Kier molecular flexibility index (Phi) is 7.12. The number of thioether (sulfide) groups is 1. The van der Waals surface area contributed by atoms with Crippen LogP contribution in [0.2, 0.25) is 0 Å². The summed E-state index contributed by atoms with van der Waals surface area (Å²) in [4.78, 5) is 17.8. The average Bonchev–Trinajstić information content (AvgIpc) is 3.28. The summed E-state index contributed by atoms with van der Waals surface area (Å²) < 4.78 is 27.6. The van der Waals surface area contributed by atoms with Crippen LogP contribution in [-0.2, 0) is 14.8 Å². The molecule has 0 spiro atoms. The zero-order valence-corrected chi connectivity index (χ0v) is 20.1. The van der Waals surface area contributed by atoms with E-state index in [-0.39, 0.29) is 16.6 Å². The van der Waals surface area contributed by atoms with Gasteiger partial charge in [-0.15, -0.1) is 23.1 Å². The van der Waals surface area contributed by atoms with Gasteiger partial charge >= 0.3 is 0 Å².